The van der Waals surface area contributed by atoms with Crippen LogP contribution in [0.5, 0.6) is 0 Å². The van der Waals surface area contributed by atoms with Crippen molar-refractivity contribution in [2.45, 2.75) is 40.5 Å². The van der Waals surface area contributed by atoms with Crippen LogP contribution in [0.1, 0.15) is 39.7 Å². The van der Waals surface area contributed by atoms with Crippen LogP contribution >= 0.6 is 0 Å². The maximum Gasteiger partial charge on any atom is 0.000274 e. The first-order valence-corrected chi connectivity index (χ1v) is 8.15. The van der Waals surface area contributed by atoms with Gasteiger partial charge in [-0.3, -0.25) is 0 Å². The Bertz CT molecular complexity index is 564. The fraction of sp³-hybridized carbons (Fsp3) is 0.500. The van der Waals surface area contributed by atoms with E-state index in [1.54, 1.807) is 0 Å². The van der Waals surface area contributed by atoms with E-state index in [-0.39, 0.29) is 0 Å². The van der Waals surface area contributed by atoms with Gasteiger partial charge in [-0.15, -0.1) is 0 Å². The Kier molecular flexibility index (Phi) is 5.41. The molecule has 2 aromatic rings. The van der Waals surface area contributed by atoms with E-state index in [0.29, 0.717) is 5.41 Å². The standard InChI is InChI=1S/C20H29N/c1-16(2)14-21-15-20(3,4)13-12-18-10-7-9-17-8-5-6-11-19(17)18/h5-11,16,21H,12-15H2,1-4H3. The monoisotopic (exact) mass is 283 g/mol. The van der Waals surface area contributed by atoms with Crippen molar-refractivity contribution in [3.05, 3.63) is 48.0 Å². The molecule has 0 heterocycles. The van der Waals surface area contributed by atoms with Gasteiger partial charge in [-0.25, -0.2) is 0 Å². The van der Waals surface area contributed by atoms with Crippen molar-refractivity contribution < 1.29 is 0 Å². The predicted octanol–water partition coefficient (Wildman–Crippen LogP) is 5.04. The molecular weight excluding hydrogens is 254 g/mol. The minimum atomic E-state index is 0.339. The van der Waals surface area contributed by atoms with Crippen molar-refractivity contribution in [1.82, 2.24) is 5.32 Å². The molecular formula is C20H29N. The summed E-state index contributed by atoms with van der Waals surface area (Å²) in [5.74, 6) is 0.721. The van der Waals surface area contributed by atoms with E-state index in [9.17, 15) is 0 Å². The zero-order valence-electron chi connectivity index (χ0n) is 13.9. The van der Waals surface area contributed by atoms with Crippen molar-refractivity contribution >= 4 is 10.8 Å². The highest BCUT2D eigenvalue weighted by molar-refractivity contribution is 5.85. The summed E-state index contributed by atoms with van der Waals surface area (Å²) in [6, 6.07) is 15.4. The fourth-order valence-electron chi connectivity index (χ4n) is 2.77. The molecule has 0 unspecified atom stereocenters. The van der Waals surface area contributed by atoms with E-state index >= 15 is 0 Å². The van der Waals surface area contributed by atoms with Crippen LogP contribution < -0.4 is 5.32 Å². The summed E-state index contributed by atoms with van der Waals surface area (Å²) in [4.78, 5) is 0. The van der Waals surface area contributed by atoms with Gasteiger partial charge in [0.2, 0.25) is 0 Å². The molecule has 0 radical (unpaired) electrons. The van der Waals surface area contributed by atoms with E-state index < -0.39 is 0 Å². The van der Waals surface area contributed by atoms with Gasteiger partial charge in [-0.1, -0.05) is 70.2 Å². The van der Waals surface area contributed by atoms with Crippen molar-refractivity contribution in [1.29, 1.82) is 0 Å². The molecule has 1 nitrogen and oxygen atoms in total. The predicted molar refractivity (Wildman–Crippen MR) is 93.8 cm³/mol. The Morgan fingerprint density at radius 1 is 1.00 bits per heavy atom. The van der Waals surface area contributed by atoms with Crippen LogP contribution in [0.2, 0.25) is 0 Å². The Balaban J connectivity index is 1.97. The molecule has 2 rings (SSSR count). The molecule has 0 fully saturated rings. The van der Waals surface area contributed by atoms with Gasteiger partial charge >= 0.3 is 0 Å². The zero-order chi connectivity index (χ0) is 15.3. The molecule has 0 amide bonds. The minimum Gasteiger partial charge on any atom is -0.316 e. The summed E-state index contributed by atoms with van der Waals surface area (Å²) in [7, 11) is 0. The van der Waals surface area contributed by atoms with Gasteiger partial charge in [-0.2, -0.15) is 0 Å². The van der Waals surface area contributed by atoms with Crippen LogP contribution in [0.4, 0.5) is 0 Å². The van der Waals surface area contributed by atoms with Gasteiger partial charge in [0.1, 0.15) is 0 Å². The van der Waals surface area contributed by atoms with Gasteiger partial charge in [-0.05, 0) is 47.1 Å². The van der Waals surface area contributed by atoms with Crippen molar-refractivity contribution in [3.8, 4) is 0 Å². The number of rotatable bonds is 7. The molecule has 0 aromatic heterocycles. The van der Waals surface area contributed by atoms with Crippen LogP contribution in [-0.4, -0.2) is 13.1 Å². The molecule has 114 valence electrons. The van der Waals surface area contributed by atoms with E-state index in [2.05, 4.69) is 75.5 Å². The molecule has 21 heavy (non-hydrogen) atoms. The third kappa shape index (κ3) is 4.86. The lowest BCUT2D eigenvalue weighted by Crippen LogP contribution is -2.32. The average Bonchev–Trinajstić information content (AvgIpc) is 2.44. The zero-order valence-corrected chi connectivity index (χ0v) is 13.9. The number of nitrogens with one attached hydrogen (secondary N) is 1. The van der Waals surface area contributed by atoms with E-state index in [4.69, 9.17) is 0 Å². The van der Waals surface area contributed by atoms with Crippen LogP contribution in [0.3, 0.4) is 0 Å². The van der Waals surface area contributed by atoms with Gasteiger partial charge in [0.05, 0.1) is 0 Å². The molecule has 0 aliphatic rings. The normalized spacial score (nSPS) is 12.2. The maximum absolute atomic E-state index is 3.60. The van der Waals surface area contributed by atoms with E-state index in [0.717, 1.165) is 25.4 Å². The van der Waals surface area contributed by atoms with Crippen LogP contribution in [-0.2, 0) is 6.42 Å². The highest BCUT2D eigenvalue weighted by atomic mass is 14.9. The highest BCUT2D eigenvalue weighted by Gasteiger charge is 2.17. The lowest BCUT2D eigenvalue weighted by atomic mass is 9.85. The molecule has 0 atom stereocenters. The summed E-state index contributed by atoms with van der Waals surface area (Å²) < 4.78 is 0. The molecule has 0 aliphatic heterocycles. The quantitative estimate of drug-likeness (QED) is 0.750. The second kappa shape index (κ2) is 7.09. The smallest absolute Gasteiger partial charge is 0.000274 e. The second-order valence-corrected chi connectivity index (χ2v) is 7.33. The SMILES string of the molecule is CC(C)CNCC(C)(C)CCc1cccc2ccccc12. The maximum atomic E-state index is 3.60. The fourth-order valence-corrected chi connectivity index (χ4v) is 2.77. The summed E-state index contributed by atoms with van der Waals surface area (Å²) in [5.41, 5.74) is 1.82. The number of fused-ring (bicyclic) bond motifs is 1. The largest absolute Gasteiger partial charge is 0.316 e. The summed E-state index contributed by atoms with van der Waals surface area (Å²) in [6.45, 7) is 11.5. The lowest BCUT2D eigenvalue weighted by Gasteiger charge is -2.26. The first-order valence-electron chi connectivity index (χ1n) is 8.15. The van der Waals surface area contributed by atoms with Crippen LogP contribution in [0.15, 0.2) is 42.5 Å². The number of benzene rings is 2. The first-order chi connectivity index (χ1) is 9.98. The van der Waals surface area contributed by atoms with Gasteiger partial charge in [0.15, 0.2) is 0 Å². The molecule has 1 N–H and O–H groups in total. The summed E-state index contributed by atoms with van der Waals surface area (Å²) >= 11 is 0. The Labute approximate surface area is 129 Å². The lowest BCUT2D eigenvalue weighted by molar-refractivity contribution is 0.309. The van der Waals surface area contributed by atoms with Crippen LogP contribution in [0.25, 0.3) is 10.8 Å². The van der Waals surface area contributed by atoms with Gasteiger partial charge < -0.3 is 5.32 Å². The van der Waals surface area contributed by atoms with E-state index in [1.807, 2.05) is 0 Å². The Hall–Kier alpha value is -1.34. The molecule has 2 aromatic carbocycles. The van der Waals surface area contributed by atoms with Crippen LogP contribution in [0, 0.1) is 11.3 Å². The number of hydrogen-bond acceptors (Lipinski definition) is 1. The second-order valence-electron chi connectivity index (χ2n) is 7.33. The first kappa shape index (κ1) is 16.0. The number of aryl methyl sites for hydroxylation is 1. The molecule has 1 heteroatoms. The van der Waals surface area contributed by atoms with Crippen molar-refractivity contribution in [2.24, 2.45) is 11.3 Å². The molecule has 0 spiro atoms. The van der Waals surface area contributed by atoms with Gasteiger partial charge in [0, 0.05) is 6.54 Å². The summed E-state index contributed by atoms with van der Waals surface area (Å²) in [6.07, 6.45) is 2.36. The Morgan fingerprint density at radius 3 is 2.48 bits per heavy atom. The third-order valence-corrected chi connectivity index (χ3v) is 4.11. The molecule has 0 bridgehead atoms. The molecule has 0 saturated heterocycles. The molecule has 0 saturated carbocycles. The van der Waals surface area contributed by atoms with E-state index in [1.165, 1.54) is 22.8 Å². The highest BCUT2D eigenvalue weighted by Crippen LogP contribution is 2.25. The third-order valence-electron chi connectivity index (χ3n) is 4.11. The average molecular weight is 283 g/mol. The minimum absolute atomic E-state index is 0.339. The topological polar surface area (TPSA) is 12.0 Å². The molecule has 0 aliphatic carbocycles. The van der Waals surface area contributed by atoms with Gasteiger partial charge in [0.25, 0.3) is 0 Å². The summed E-state index contributed by atoms with van der Waals surface area (Å²) in [5, 5.41) is 6.36. The van der Waals surface area contributed by atoms with Crippen molar-refractivity contribution in [2.75, 3.05) is 13.1 Å². The number of hydrogen-bond donors (Lipinski definition) is 1. The Morgan fingerprint density at radius 2 is 1.71 bits per heavy atom. The van der Waals surface area contributed by atoms with Crippen molar-refractivity contribution in [3.63, 3.8) is 0 Å².